The van der Waals surface area contributed by atoms with Gasteiger partial charge >= 0.3 is 0 Å². The van der Waals surface area contributed by atoms with E-state index in [0.29, 0.717) is 4.47 Å². The summed E-state index contributed by atoms with van der Waals surface area (Å²) in [6.07, 6.45) is 0. The van der Waals surface area contributed by atoms with Crippen molar-refractivity contribution in [3.8, 4) is 0 Å². The van der Waals surface area contributed by atoms with Crippen LogP contribution in [0.5, 0.6) is 0 Å². The second-order valence-corrected chi connectivity index (χ2v) is 5.18. The molecule has 21 heavy (non-hydrogen) atoms. The van der Waals surface area contributed by atoms with E-state index in [2.05, 4.69) is 21.2 Å². The van der Waals surface area contributed by atoms with Gasteiger partial charge in [-0.25, -0.2) is 4.39 Å². The molecule has 1 N–H and O–H groups in total. The highest BCUT2D eigenvalue weighted by Crippen LogP contribution is 2.30. The van der Waals surface area contributed by atoms with Crippen LogP contribution in [0.4, 0.5) is 15.8 Å². The van der Waals surface area contributed by atoms with Gasteiger partial charge in [0.2, 0.25) is 0 Å². The van der Waals surface area contributed by atoms with E-state index in [4.69, 9.17) is 11.6 Å². The number of nitrogens with one attached hydrogen (secondary N) is 1. The fraction of sp³-hybridized carbons (Fsp3) is 0. The van der Waals surface area contributed by atoms with Crippen LogP contribution in [0, 0.1) is 15.9 Å². The Balaban J connectivity index is 2.41. The molecule has 108 valence electrons. The molecule has 0 aromatic heterocycles. The van der Waals surface area contributed by atoms with Gasteiger partial charge in [-0.1, -0.05) is 23.7 Å². The van der Waals surface area contributed by atoms with Crippen molar-refractivity contribution in [1.82, 2.24) is 0 Å². The minimum absolute atomic E-state index is 0.0728. The highest BCUT2D eigenvalue weighted by atomic mass is 79.9. The van der Waals surface area contributed by atoms with E-state index in [-0.39, 0.29) is 10.6 Å². The number of benzene rings is 2. The Kier molecular flexibility index (Phi) is 4.54. The number of anilines is 1. The monoisotopic (exact) mass is 372 g/mol. The molecule has 5 nitrogen and oxygen atoms in total. The summed E-state index contributed by atoms with van der Waals surface area (Å²) >= 11 is 9.12. The number of halogens is 3. The number of rotatable bonds is 3. The third-order valence-electron chi connectivity index (χ3n) is 2.62. The number of hydrogen-bond acceptors (Lipinski definition) is 3. The van der Waals surface area contributed by atoms with E-state index >= 15 is 0 Å². The van der Waals surface area contributed by atoms with Crippen LogP contribution in [0.1, 0.15) is 10.4 Å². The zero-order valence-corrected chi connectivity index (χ0v) is 12.6. The van der Waals surface area contributed by atoms with Gasteiger partial charge in [-0.05, 0) is 34.1 Å². The maximum atomic E-state index is 13.7. The van der Waals surface area contributed by atoms with E-state index in [1.807, 2.05) is 0 Å². The first-order chi connectivity index (χ1) is 9.91. The fourth-order valence-electron chi connectivity index (χ4n) is 1.65. The van der Waals surface area contributed by atoms with Gasteiger partial charge < -0.3 is 5.32 Å². The second kappa shape index (κ2) is 6.19. The lowest BCUT2D eigenvalue weighted by Crippen LogP contribution is -2.15. The van der Waals surface area contributed by atoms with E-state index in [9.17, 15) is 19.3 Å². The second-order valence-electron chi connectivity index (χ2n) is 3.95. The average Bonchev–Trinajstić information content (AvgIpc) is 2.43. The average molecular weight is 374 g/mol. The SMILES string of the molecule is O=C(Nc1c(F)cccc1[N+](=O)[O-])c1cccc(Br)c1Cl. The number of carbonyl (C=O) groups excluding carboxylic acids is 1. The normalized spacial score (nSPS) is 10.2. The predicted octanol–water partition coefficient (Wildman–Crippen LogP) is 4.40. The van der Waals surface area contributed by atoms with Gasteiger partial charge in [0.05, 0.1) is 15.5 Å². The first kappa shape index (κ1) is 15.4. The van der Waals surface area contributed by atoms with Crippen molar-refractivity contribution in [3.05, 3.63) is 67.4 Å². The van der Waals surface area contributed by atoms with Crippen molar-refractivity contribution in [2.45, 2.75) is 0 Å². The highest BCUT2D eigenvalue weighted by molar-refractivity contribution is 9.10. The van der Waals surface area contributed by atoms with E-state index in [0.717, 1.165) is 12.1 Å². The number of nitrogens with zero attached hydrogens (tertiary/aromatic N) is 1. The summed E-state index contributed by atoms with van der Waals surface area (Å²) in [5, 5.41) is 13.2. The van der Waals surface area contributed by atoms with Gasteiger partial charge in [-0.15, -0.1) is 0 Å². The largest absolute Gasteiger partial charge is 0.314 e. The molecule has 0 aliphatic heterocycles. The standard InChI is InChI=1S/C13H7BrClFN2O3/c14-8-4-1-3-7(11(8)15)13(19)17-12-9(16)5-2-6-10(12)18(20)21/h1-6H,(H,17,19). The van der Waals surface area contributed by atoms with Crippen molar-refractivity contribution in [1.29, 1.82) is 0 Å². The number of nitro groups is 1. The molecule has 0 atom stereocenters. The maximum absolute atomic E-state index is 13.7. The van der Waals surface area contributed by atoms with Gasteiger partial charge in [0.25, 0.3) is 11.6 Å². The smallest absolute Gasteiger partial charge is 0.295 e. The zero-order valence-electron chi connectivity index (χ0n) is 10.3. The molecule has 0 radical (unpaired) electrons. The quantitative estimate of drug-likeness (QED) is 0.640. The van der Waals surface area contributed by atoms with Crippen LogP contribution in [0.15, 0.2) is 40.9 Å². The van der Waals surface area contributed by atoms with Crippen molar-refractivity contribution in [2.75, 3.05) is 5.32 Å². The molecule has 0 spiro atoms. The number of carbonyl (C=O) groups is 1. The molecule has 0 saturated heterocycles. The van der Waals surface area contributed by atoms with Gasteiger partial charge in [0, 0.05) is 10.5 Å². The van der Waals surface area contributed by atoms with Crippen molar-refractivity contribution >= 4 is 44.8 Å². The summed E-state index contributed by atoms with van der Waals surface area (Å²) in [6, 6.07) is 7.93. The lowest BCUT2D eigenvalue weighted by atomic mass is 10.2. The first-order valence-corrected chi connectivity index (χ1v) is 6.77. The Labute approximate surface area is 132 Å². The fourth-order valence-corrected chi connectivity index (χ4v) is 2.23. The lowest BCUT2D eigenvalue weighted by Gasteiger charge is -2.09. The third-order valence-corrected chi connectivity index (χ3v) is 3.92. The van der Waals surface area contributed by atoms with Crippen LogP contribution >= 0.6 is 27.5 Å². The summed E-state index contributed by atoms with van der Waals surface area (Å²) in [5.41, 5.74) is -0.957. The molecule has 8 heteroatoms. The molecule has 0 unspecified atom stereocenters. The van der Waals surface area contributed by atoms with E-state index in [1.165, 1.54) is 12.1 Å². The van der Waals surface area contributed by atoms with Gasteiger partial charge in [0.1, 0.15) is 0 Å². The summed E-state index contributed by atoms with van der Waals surface area (Å²) in [7, 11) is 0. The summed E-state index contributed by atoms with van der Waals surface area (Å²) in [5.74, 6) is -1.64. The molecule has 2 aromatic rings. The molecule has 0 heterocycles. The number of amides is 1. The molecule has 0 fully saturated rings. The Hall–Kier alpha value is -1.99. The van der Waals surface area contributed by atoms with Gasteiger partial charge in [-0.2, -0.15) is 0 Å². The molecule has 2 rings (SSSR count). The molecule has 0 saturated carbocycles. The maximum Gasteiger partial charge on any atom is 0.295 e. The first-order valence-electron chi connectivity index (χ1n) is 5.60. The number of para-hydroxylation sites is 1. The summed E-state index contributed by atoms with van der Waals surface area (Å²) in [4.78, 5) is 22.2. The predicted molar refractivity (Wildman–Crippen MR) is 80.2 cm³/mol. The Morgan fingerprint density at radius 1 is 1.29 bits per heavy atom. The highest BCUT2D eigenvalue weighted by Gasteiger charge is 2.21. The Morgan fingerprint density at radius 3 is 2.62 bits per heavy atom. The van der Waals surface area contributed by atoms with Crippen LogP contribution in [-0.2, 0) is 0 Å². The van der Waals surface area contributed by atoms with E-state index < -0.39 is 28.0 Å². The number of hydrogen-bond donors (Lipinski definition) is 1. The summed E-state index contributed by atoms with van der Waals surface area (Å²) in [6.45, 7) is 0. The van der Waals surface area contributed by atoms with Crippen LogP contribution in [0.2, 0.25) is 5.02 Å². The van der Waals surface area contributed by atoms with Gasteiger partial charge in [-0.3, -0.25) is 14.9 Å². The molecule has 0 bridgehead atoms. The van der Waals surface area contributed by atoms with Crippen molar-refractivity contribution in [3.63, 3.8) is 0 Å². The van der Waals surface area contributed by atoms with Crippen molar-refractivity contribution in [2.24, 2.45) is 0 Å². The van der Waals surface area contributed by atoms with Crippen molar-refractivity contribution < 1.29 is 14.1 Å². The minimum Gasteiger partial charge on any atom is -0.314 e. The molecule has 0 aliphatic carbocycles. The van der Waals surface area contributed by atoms with Crippen LogP contribution in [-0.4, -0.2) is 10.8 Å². The molecular formula is C13H7BrClFN2O3. The molecule has 2 aromatic carbocycles. The molecular weight excluding hydrogens is 367 g/mol. The van der Waals surface area contributed by atoms with Crippen LogP contribution in [0.25, 0.3) is 0 Å². The third kappa shape index (κ3) is 3.20. The van der Waals surface area contributed by atoms with Gasteiger partial charge in [0.15, 0.2) is 11.5 Å². The van der Waals surface area contributed by atoms with E-state index in [1.54, 1.807) is 12.1 Å². The molecule has 0 aliphatic rings. The minimum atomic E-state index is -0.899. The van der Waals surface area contributed by atoms with Crippen LogP contribution in [0.3, 0.4) is 0 Å². The Bertz CT molecular complexity index is 739. The Morgan fingerprint density at radius 2 is 1.95 bits per heavy atom. The topological polar surface area (TPSA) is 72.2 Å². The van der Waals surface area contributed by atoms with Crippen LogP contribution < -0.4 is 5.32 Å². The zero-order chi connectivity index (χ0) is 15.6. The summed E-state index contributed by atoms with van der Waals surface area (Å²) < 4.78 is 14.2. The molecule has 1 amide bonds. The lowest BCUT2D eigenvalue weighted by molar-refractivity contribution is -0.384. The number of nitro benzene ring substituents is 1.